The molecule has 0 aromatic carbocycles. The monoisotopic (exact) mass is 267 g/mol. The lowest BCUT2D eigenvalue weighted by Gasteiger charge is -2.18. The molecule has 7 heteroatoms. The molecule has 0 saturated carbocycles. The summed E-state index contributed by atoms with van der Waals surface area (Å²) < 4.78 is 9.15. The van der Waals surface area contributed by atoms with Crippen LogP contribution in [0.3, 0.4) is 0 Å². The maximum absolute atomic E-state index is 11.4. The van der Waals surface area contributed by atoms with E-state index in [1.165, 1.54) is 14.2 Å². The number of carbonyl (C=O) groups excluding carboxylic acids is 2. The van der Waals surface area contributed by atoms with Crippen molar-refractivity contribution in [3.8, 4) is 0 Å². The molecule has 0 aliphatic heterocycles. The van der Waals surface area contributed by atoms with Gasteiger partial charge in [0.15, 0.2) is 0 Å². The lowest BCUT2D eigenvalue weighted by atomic mass is 10.3. The van der Waals surface area contributed by atoms with Crippen LogP contribution in [-0.4, -0.2) is 49.7 Å². The third-order valence-corrected chi connectivity index (χ3v) is 2.48. The number of aryl methyl sites for hydroxylation is 1. The molecule has 0 N–H and O–H groups in total. The van der Waals surface area contributed by atoms with Gasteiger partial charge in [0.25, 0.3) is 0 Å². The average molecular weight is 267 g/mol. The number of hydrogen-bond donors (Lipinski definition) is 0. The fraction of sp³-hybridized carbons (Fsp3) is 0.500. The van der Waals surface area contributed by atoms with E-state index in [1.807, 2.05) is 0 Å². The first kappa shape index (κ1) is 14.9. The Kier molecular flexibility index (Phi) is 5.23. The molecule has 1 aromatic heterocycles. The van der Waals surface area contributed by atoms with Crippen LogP contribution in [0.15, 0.2) is 6.07 Å². The van der Waals surface area contributed by atoms with Crippen molar-refractivity contribution in [3.05, 3.63) is 17.6 Å². The van der Waals surface area contributed by atoms with Crippen molar-refractivity contribution in [1.29, 1.82) is 0 Å². The highest BCUT2D eigenvalue weighted by Crippen LogP contribution is 2.12. The van der Waals surface area contributed by atoms with E-state index >= 15 is 0 Å². The Morgan fingerprint density at radius 1 is 1.26 bits per heavy atom. The van der Waals surface area contributed by atoms with Crippen LogP contribution in [0.25, 0.3) is 0 Å². The van der Waals surface area contributed by atoms with Crippen LogP contribution >= 0.6 is 0 Å². The molecule has 0 radical (unpaired) electrons. The molecule has 104 valence electrons. The molecule has 7 nitrogen and oxygen atoms in total. The number of anilines is 1. The van der Waals surface area contributed by atoms with Gasteiger partial charge in [0, 0.05) is 25.4 Å². The largest absolute Gasteiger partial charge is 0.469 e. The van der Waals surface area contributed by atoms with Crippen LogP contribution in [-0.2, 0) is 14.3 Å². The fourth-order valence-electron chi connectivity index (χ4n) is 1.41. The third kappa shape index (κ3) is 4.20. The van der Waals surface area contributed by atoms with Crippen molar-refractivity contribution in [2.24, 2.45) is 0 Å². The van der Waals surface area contributed by atoms with E-state index in [1.54, 1.807) is 24.9 Å². The highest BCUT2D eigenvalue weighted by molar-refractivity contribution is 5.85. The first-order valence-corrected chi connectivity index (χ1v) is 5.70. The number of nitrogens with zero attached hydrogens (tertiary/aromatic N) is 3. The van der Waals surface area contributed by atoms with Crippen molar-refractivity contribution >= 4 is 17.8 Å². The molecule has 19 heavy (non-hydrogen) atoms. The van der Waals surface area contributed by atoms with Crippen LogP contribution in [0.4, 0.5) is 5.82 Å². The molecule has 0 unspecified atom stereocenters. The highest BCUT2D eigenvalue weighted by Gasteiger charge is 2.14. The quantitative estimate of drug-likeness (QED) is 0.721. The van der Waals surface area contributed by atoms with Gasteiger partial charge in [-0.3, -0.25) is 4.79 Å². The minimum atomic E-state index is -0.591. The van der Waals surface area contributed by atoms with E-state index in [0.29, 0.717) is 18.1 Å². The summed E-state index contributed by atoms with van der Waals surface area (Å²) in [5, 5.41) is 0. The van der Waals surface area contributed by atoms with Gasteiger partial charge in [0.2, 0.25) is 5.82 Å². The number of ether oxygens (including phenoxy) is 2. The van der Waals surface area contributed by atoms with Gasteiger partial charge in [-0.1, -0.05) is 0 Å². The smallest absolute Gasteiger partial charge is 0.376 e. The predicted octanol–water partition coefficient (Wildman–Crippen LogP) is 0.571. The molecule has 0 aliphatic rings. The van der Waals surface area contributed by atoms with Gasteiger partial charge < -0.3 is 14.4 Å². The highest BCUT2D eigenvalue weighted by atomic mass is 16.5. The van der Waals surface area contributed by atoms with E-state index in [4.69, 9.17) is 0 Å². The second-order valence-corrected chi connectivity index (χ2v) is 3.93. The predicted molar refractivity (Wildman–Crippen MR) is 68.0 cm³/mol. The summed E-state index contributed by atoms with van der Waals surface area (Å²) in [6.45, 7) is 2.19. The molecular formula is C12H17N3O4. The average Bonchev–Trinajstić information content (AvgIpc) is 2.42. The number of hydrogen-bond acceptors (Lipinski definition) is 7. The molecule has 1 heterocycles. The molecule has 0 saturated heterocycles. The maximum atomic E-state index is 11.4. The number of carbonyl (C=O) groups is 2. The van der Waals surface area contributed by atoms with Crippen molar-refractivity contribution < 1.29 is 19.1 Å². The zero-order valence-electron chi connectivity index (χ0n) is 11.5. The first-order valence-electron chi connectivity index (χ1n) is 5.70. The lowest BCUT2D eigenvalue weighted by Crippen LogP contribution is -2.24. The second kappa shape index (κ2) is 6.67. The molecule has 0 atom stereocenters. The van der Waals surface area contributed by atoms with Crippen LogP contribution in [0.2, 0.25) is 0 Å². The summed E-state index contributed by atoms with van der Waals surface area (Å²) in [5.41, 5.74) is 0.648. The van der Waals surface area contributed by atoms with Gasteiger partial charge in [0.1, 0.15) is 5.82 Å². The molecule has 0 bridgehead atoms. The second-order valence-electron chi connectivity index (χ2n) is 3.93. The van der Waals surface area contributed by atoms with E-state index < -0.39 is 5.97 Å². The molecule has 1 aromatic rings. The fourth-order valence-corrected chi connectivity index (χ4v) is 1.41. The van der Waals surface area contributed by atoms with Gasteiger partial charge >= 0.3 is 11.9 Å². The number of methoxy groups -OCH3 is 2. The summed E-state index contributed by atoms with van der Waals surface area (Å²) in [7, 11) is 4.38. The molecular weight excluding hydrogens is 250 g/mol. The summed E-state index contributed by atoms with van der Waals surface area (Å²) >= 11 is 0. The van der Waals surface area contributed by atoms with Gasteiger partial charge in [-0.15, -0.1) is 0 Å². The van der Waals surface area contributed by atoms with Gasteiger partial charge in [-0.25, -0.2) is 14.8 Å². The Bertz CT molecular complexity index is 476. The van der Waals surface area contributed by atoms with Crippen LogP contribution in [0.5, 0.6) is 0 Å². The van der Waals surface area contributed by atoms with Crippen molar-refractivity contribution in [2.75, 3.05) is 32.7 Å². The van der Waals surface area contributed by atoms with Gasteiger partial charge in [-0.05, 0) is 6.92 Å². The SMILES string of the molecule is COC(=O)CCN(C)c1cc(C)nc(C(=O)OC)n1. The molecule has 0 spiro atoms. The Hall–Kier alpha value is -2.18. The third-order valence-electron chi connectivity index (χ3n) is 2.48. The van der Waals surface area contributed by atoms with Crippen molar-refractivity contribution in [2.45, 2.75) is 13.3 Å². The van der Waals surface area contributed by atoms with Crippen LogP contribution < -0.4 is 4.90 Å². The zero-order valence-corrected chi connectivity index (χ0v) is 11.5. The Morgan fingerprint density at radius 3 is 2.53 bits per heavy atom. The number of aromatic nitrogens is 2. The number of esters is 2. The van der Waals surface area contributed by atoms with Gasteiger partial charge in [-0.2, -0.15) is 0 Å². The summed E-state index contributed by atoms with van der Waals surface area (Å²) in [5.74, 6) is -0.337. The Balaban J connectivity index is 2.84. The lowest BCUT2D eigenvalue weighted by molar-refractivity contribution is -0.140. The molecule has 0 amide bonds. The standard InChI is InChI=1S/C12H17N3O4/c1-8-7-9(14-11(13-8)12(17)19-4)15(2)6-5-10(16)18-3/h7H,5-6H2,1-4H3. The minimum Gasteiger partial charge on any atom is -0.469 e. The van der Waals surface area contributed by atoms with Crippen LogP contribution in [0, 0.1) is 6.92 Å². The molecule has 0 aliphatic carbocycles. The number of rotatable bonds is 5. The van der Waals surface area contributed by atoms with E-state index in [9.17, 15) is 9.59 Å². The summed E-state index contributed by atoms with van der Waals surface area (Å²) in [4.78, 5) is 32.3. The van der Waals surface area contributed by atoms with E-state index in [0.717, 1.165) is 0 Å². The summed E-state index contributed by atoms with van der Waals surface area (Å²) in [6.07, 6.45) is 0.240. The van der Waals surface area contributed by atoms with Crippen molar-refractivity contribution in [1.82, 2.24) is 9.97 Å². The minimum absolute atomic E-state index is 0.00224. The zero-order chi connectivity index (χ0) is 14.4. The van der Waals surface area contributed by atoms with E-state index in [-0.39, 0.29) is 18.2 Å². The maximum Gasteiger partial charge on any atom is 0.376 e. The summed E-state index contributed by atoms with van der Waals surface area (Å²) in [6, 6.07) is 1.73. The first-order chi connectivity index (χ1) is 8.97. The normalized spacial score (nSPS) is 9.89. The van der Waals surface area contributed by atoms with E-state index in [2.05, 4.69) is 19.4 Å². The Labute approximate surface area is 111 Å². The Morgan fingerprint density at radius 2 is 1.95 bits per heavy atom. The molecule has 1 rings (SSSR count). The topological polar surface area (TPSA) is 81.6 Å². The van der Waals surface area contributed by atoms with Crippen molar-refractivity contribution in [3.63, 3.8) is 0 Å². The molecule has 0 fully saturated rings. The van der Waals surface area contributed by atoms with Crippen LogP contribution in [0.1, 0.15) is 22.7 Å². The van der Waals surface area contributed by atoms with Gasteiger partial charge in [0.05, 0.1) is 20.6 Å².